The van der Waals surface area contributed by atoms with Crippen LogP contribution in [-0.2, 0) is 0 Å². The molecule has 4 nitrogen and oxygen atoms in total. The molecule has 5 heteroatoms. The van der Waals surface area contributed by atoms with Gasteiger partial charge in [-0.05, 0) is 48.6 Å². The van der Waals surface area contributed by atoms with Crippen LogP contribution in [0.3, 0.4) is 0 Å². The van der Waals surface area contributed by atoms with Gasteiger partial charge >= 0.3 is 0 Å². The first kappa shape index (κ1) is 6.23. The summed E-state index contributed by atoms with van der Waals surface area (Å²) in [5.41, 5.74) is -1.09. The molecule has 1 unspecified atom stereocenters. The van der Waals surface area contributed by atoms with Gasteiger partial charge in [0, 0.05) is 26.7 Å². The molecule has 0 radical (unpaired) electrons. The van der Waals surface area contributed by atoms with Crippen LogP contribution in [-0.4, -0.2) is 26.3 Å². The van der Waals surface area contributed by atoms with Gasteiger partial charge in [0.25, 0.3) is 0 Å². The van der Waals surface area contributed by atoms with Gasteiger partial charge < -0.3 is 19.5 Å². The van der Waals surface area contributed by atoms with Crippen molar-refractivity contribution in [2.24, 2.45) is 5.89 Å². The Bertz CT molecular complexity index is 1300. The molecule has 2 atom stereocenters. The Hall–Kier alpha value is -2.27. The smallest absolute Gasteiger partial charge is 0.231 e. The Morgan fingerprint density at radius 2 is 2.17 bits per heavy atom. The van der Waals surface area contributed by atoms with Gasteiger partial charge in [0.1, 0.15) is 14.3 Å². The first-order valence-electron chi connectivity index (χ1n) is 13.9. The molecule has 24 heavy (non-hydrogen) atoms. The van der Waals surface area contributed by atoms with E-state index in [1.54, 1.807) is 0 Å². The first-order valence-corrected chi connectivity index (χ1v) is 6.86. The van der Waals surface area contributed by atoms with Crippen molar-refractivity contribution >= 4 is 0 Å². The van der Waals surface area contributed by atoms with Crippen LogP contribution in [0.1, 0.15) is 37.1 Å². The molecule has 1 saturated heterocycles. The molecular formula is C19H20FNO3. The van der Waals surface area contributed by atoms with Crippen molar-refractivity contribution in [3.8, 4) is 17.2 Å². The third kappa shape index (κ3) is 3.17. The molecule has 0 spiro atoms. The highest BCUT2D eigenvalue weighted by molar-refractivity contribution is 5.46. The van der Waals surface area contributed by atoms with Crippen LogP contribution in [0.4, 0.5) is 4.39 Å². The van der Waals surface area contributed by atoms with Crippen LogP contribution in [0.2, 0.25) is 0 Å². The van der Waals surface area contributed by atoms with Gasteiger partial charge in [0.2, 0.25) is 6.75 Å². The monoisotopic (exact) mass is 343 g/mol. The highest BCUT2D eigenvalue weighted by Crippen LogP contribution is 2.36. The largest absolute Gasteiger partial charge is 0.493 e. The zero-order chi connectivity index (χ0) is 28.9. The van der Waals surface area contributed by atoms with E-state index >= 15 is 0 Å². The molecule has 0 aromatic heterocycles. The van der Waals surface area contributed by atoms with Crippen LogP contribution in [0.5, 0.6) is 17.2 Å². The van der Waals surface area contributed by atoms with Gasteiger partial charge in [-0.25, -0.2) is 4.39 Å². The number of halogens is 1. The summed E-state index contributed by atoms with van der Waals surface area (Å²) in [6.45, 7) is -12.4. The van der Waals surface area contributed by atoms with E-state index in [1.165, 1.54) is 0 Å². The fourth-order valence-electron chi connectivity index (χ4n) is 2.09. The number of nitrogens with one attached hydrogen (secondary N) is 1. The highest BCUT2D eigenvalue weighted by atomic mass is 19.1. The van der Waals surface area contributed by atoms with E-state index in [9.17, 15) is 4.39 Å². The average molecular weight is 343 g/mol. The van der Waals surface area contributed by atoms with E-state index in [2.05, 4.69) is 0 Å². The second-order valence-electron chi connectivity index (χ2n) is 4.75. The molecule has 2 aliphatic heterocycles. The molecule has 0 saturated carbocycles. The van der Waals surface area contributed by atoms with E-state index in [0.29, 0.717) is 0 Å². The van der Waals surface area contributed by atoms with Crippen LogP contribution in [0.15, 0.2) is 42.4 Å². The maximum atomic E-state index is 14.3. The fourth-order valence-corrected chi connectivity index (χ4v) is 2.09. The number of piperidine rings is 1. The molecule has 0 amide bonds. The van der Waals surface area contributed by atoms with Gasteiger partial charge in [-0.15, -0.1) is 0 Å². The number of benzene rings is 2. The minimum atomic E-state index is -3.59. The molecule has 126 valence electrons. The minimum absolute atomic E-state index is 0.0730. The lowest BCUT2D eigenvalue weighted by Crippen LogP contribution is -2.38. The summed E-state index contributed by atoms with van der Waals surface area (Å²) in [6.07, 6.45) is -1.25. The number of ether oxygens (including phenoxy) is 3. The molecule has 2 aliphatic rings. The second kappa shape index (κ2) is 6.69. The number of hydrogen-bond acceptors (Lipinski definition) is 4. The van der Waals surface area contributed by atoms with E-state index in [1.807, 2.05) is 5.32 Å². The molecule has 2 aromatic carbocycles. The lowest BCUT2D eigenvalue weighted by molar-refractivity contribution is 0.173. The summed E-state index contributed by atoms with van der Waals surface area (Å²) >= 11 is 0. The van der Waals surface area contributed by atoms with Crippen LogP contribution in [0.25, 0.3) is 0 Å². The lowest BCUT2D eigenvalue weighted by Gasteiger charge is -2.32. The second-order valence-corrected chi connectivity index (χ2v) is 4.75. The van der Waals surface area contributed by atoms with Gasteiger partial charge in [0.15, 0.2) is 11.5 Å². The number of fused-ring (bicyclic) bond motifs is 1. The summed E-state index contributed by atoms with van der Waals surface area (Å²) < 4.78 is 145. The van der Waals surface area contributed by atoms with Crippen molar-refractivity contribution in [3.05, 3.63) is 53.7 Å². The molecule has 2 aromatic rings. The van der Waals surface area contributed by atoms with Gasteiger partial charge in [-0.3, -0.25) is 0 Å². The fraction of sp³-hybridized carbons (Fsp3) is 0.368. The van der Waals surface area contributed by atoms with Crippen molar-refractivity contribution in [3.63, 3.8) is 0 Å². The molecular weight excluding hydrogens is 309 g/mol. The predicted octanol–water partition coefficient (Wildman–Crippen LogP) is 3.33. The van der Waals surface area contributed by atoms with Crippen molar-refractivity contribution in [2.75, 3.05) is 26.3 Å². The van der Waals surface area contributed by atoms with Gasteiger partial charge in [-0.1, -0.05) is 12.1 Å². The van der Waals surface area contributed by atoms with Crippen molar-refractivity contribution in [2.45, 2.75) is 12.3 Å². The third-order valence-electron chi connectivity index (χ3n) is 3.23. The number of hydrogen-bond donors (Lipinski definition) is 1. The standard InChI is InChI=1S/C19H20FNO3/c20-15-3-1-13(2-4-15)17-7-8-21-10-14(17)11-22-16-5-6-18-19(9-16)24-12-23-18/h1-6,9,14,17,21H,7-8,10-12H2/t14-,17?/m1/s1/i1D,2D,3D,4D,8D2,10D2,11D2,12D2,14D,17D. The van der Waals surface area contributed by atoms with Crippen LogP contribution < -0.4 is 19.5 Å². The topological polar surface area (TPSA) is 39.7 Å². The molecule has 0 aliphatic carbocycles. The zero-order valence-electron chi connectivity index (χ0n) is 26.0. The van der Waals surface area contributed by atoms with E-state index in [0.717, 1.165) is 18.2 Å². The quantitative estimate of drug-likeness (QED) is 0.924. The van der Waals surface area contributed by atoms with Crippen molar-refractivity contribution in [1.29, 1.82) is 0 Å². The van der Waals surface area contributed by atoms with Crippen LogP contribution >= 0.6 is 0 Å². The summed E-state index contributed by atoms with van der Waals surface area (Å²) in [6, 6.07) is -1.73. The van der Waals surface area contributed by atoms with Crippen molar-refractivity contribution < 1.29 is 37.8 Å². The SMILES string of the molecule is [2H]c1c([2H])c(C2([2H])CC([2H])([2H])NC([2H])([2H])[C@]2([2H])C([2H])([2H])Oc2ccc3c(c2)OC([2H])([2H])O3)c([2H])c([2H])c1F. The summed E-state index contributed by atoms with van der Waals surface area (Å²) in [5, 5.41) is 1.83. The predicted molar refractivity (Wildman–Crippen MR) is 88.2 cm³/mol. The van der Waals surface area contributed by atoms with Crippen molar-refractivity contribution in [1.82, 2.24) is 5.32 Å². The summed E-state index contributed by atoms with van der Waals surface area (Å²) in [7, 11) is 0. The molecule has 2 heterocycles. The summed E-state index contributed by atoms with van der Waals surface area (Å²) in [5.74, 6) is -9.15. The Morgan fingerprint density at radius 1 is 1.33 bits per heavy atom. The normalized spacial score (nSPS) is 43.9. The Balaban J connectivity index is 1.93. The number of rotatable bonds is 4. The Labute approximate surface area is 160 Å². The molecule has 0 bridgehead atoms. The Kier molecular flexibility index (Phi) is 1.74. The zero-order valence-corrected chi connectivity index (χ0v) is 12.0. The maximum Gasteiger partial charge on any atom is 0.231 e. The first-order chi connectivity index (χ1) is 17.1. The van der Waals surface area contributed by atoms with Crippen LogP contribution in [0, 0.1) is 11.7 Å². The minimum Gasteiger partial charge on any atom is -0.493 e. The lowest BCUT2D eigenvalue weighted by atomic mass is 9.81. The van der Waals surface area contributed by atoms with E-state index < -0.39 is 85.8 Å². The van der Waals surface area contributed by atoms with E-state index in [-0.39, 0.29) is 11.5 Å². The molecule has 1 N–H and O–H groups in total. The third-order valence-corrected chi connectivity index (χ3v) is 3.23. The molecule has 1 fully saturated rings. The maximum absolute atomic E-state index is 14.3. The summed E-state index contributed by atoms with van der Waals surface area (Å²) in [4.78, 5) is 0. The van der Waals surface area contributed by atoms with Gasteiger partial charge in [-0.2, -0.15) is 0 Å². The Morgan fingerprint density at radius 3 is 3.04 bits per heavy atom. The van der Waals surface area contributed by atoms with E-state index in [4.69, 9.17) is 33.4 Å². The van der Waals surface area contributed by atoms with Gasteiger partial charge in [0.05, 0.1) is 14.8 Å². The average Bonchev–Trinajstić information content (AvgIpc) is 3.06. The molecule has 4 rings (SSSR count). The highest BCUT2D eigenvalue weighted by Gasteiger charge is 2.27.